The van der Waals surface area contributed by atoms with Crippen molar-refractivity contribution in [1.29, 1.82) is 0 Å². The minimum absolute atomic E-state index is 0.0235. The van der Waals surface area contributed by atoms with Crippen LogP contribution in [0.2, 0.25) is 0 Å². The highest BCUT2D eigenvalue weighted by Gasteiger charge is 2.32. The monoisotopic (exact) mass is 414 g/mol. The number of amides is 1. The molecule has 0 bridgehead atoms. The maximum atomic E-state index is 13.1. The van der Waals surface area contributed by atoms with Gasteiger partial charge in [0.15, 0.2) is 0 Å². The fraction of sp³-hybridized carbons (Fsp3) is 0.435. The van der Waals surface area contributed by atoms with Gasteiger partial charge in [0.25, 0.3) is 5.91 Å². The van der Waals surface area contributed by atoms with Crippen LogP contribution in [0.5, 0.6) is 0 Å². The van der Waals surface area contributed by atoms with Crippen LogP contribution in [-0.2, 0) is 10.0 Å². The summed E-state index contributed by atoms with van der Waals surface area (Å²) >= 11 is 0. The number of para-hydroxylation sites is 1. The SMILES string of the molecule is CC1CC(C)CN(S(=O)(=O)c2ccc(C(=O)N(c3ccccc3)C(C)C)cc2)C1. The van der Waals surface area contributed by atoms with Crippen LogP contribution in [0.1, 0.15) is 44.5 Å². The van der Waals surface area contributed by atoms with Crippen molar-refractivity contribution in [2.24, 2.45) is 11.8 Å². The van der Waals surface area contributed by atoms with E-state index in [1.54, 1.807) is 33.5 Å². The molecule has 2 aromatic rings. The average molecular weight is 415 g/mol. The Labute approximate surface area is 174 Å². The third-order valence-electron chi connectivity index (χ3n) is 5.34. The zero-order valence-electron chi connectivity index (χ0n) is 17.6. The lowest BCUT2D eigenvalue weighted by atomic mass is 9.94. The molecule has 1 heterocycles. The molecule has 0 aliphatic carbocycles. The van der Waals surface area contributed by atoms with Gasteiger partial charge in [0.05, 0.1) is 4.90 Å². The molecule has 156 valence electrons. The van der Waals surface area contributed by atoms with Gasteiger partial charge < -0.3 is 4.90 Å². The largest absolute Gasteiger partial charge is 0.306 e. The molecule has 2 aromatic carbocycles. The summed E-state index contributed by atoms with van der Waals surface area (Å²) in [5.74, 6) is 0.551. The van der Waals surface area contributed by atoms with Crippen molar-refractivity contribution in [2.45, 2.75) is 45.1 Å². The molecular weight excluding hydrogens is 384 g/mol. The summed E-state index contributed by atoms with van der Waals surface area (Å²) in [7, 11) is -3.55. The van der Waals surface area contributed by atoms with Crippen LogP contribution in [0.15, 0.2) is 59.5 Å². The normalized spacial score (nSPS) is 20.6. The van der Waals surface area contributed by atoms with E-state index in [0.717, 1.165) is 12.1 Å². The smallest absolute Gasteiger partial charge is 0.258 e. The minimum Gasteiger partial charge on any atom is -0.306 e. The second-order valence-electron chi connectivity index (χ2n) is 8.40. The molecule has 6 heteroatoms. The molecule has 3 rings (SSSR count). The number of sulfonamides is 1. The van der Waals surface area contributed by atoms with Gasteiger partial charge in [0, 0.05) is 30.4 Å². The van der Waals surface area contributed by atoms with E-state index in [1.807, 2.05) is 44.2 Å². The molecule has 0 N–H and O–H groups in total. The van der Waals surface area contributed by atoms with E-state index >= 15 is 0 Å². The summed E-state index contributed by atoms with van der Waals surface area (Å²) in [5.41, 5.74) is 1.29. The Bertz CT molecular complexity index is 930. The molecular formula is C23H30N2O3S. The molecule has 0 radical (unpaired) electrons. The summed E-state index contributed by atoms with van der Waals surface area (Å²) < 4.78 is 27.7. The third-order valence-corrected chi connectivity index (χ3v) is 7.19. The van der Waals surface area contributed by atoms with Gasteiger partial charge in [-0.25, -0.2) is 8.42 Å². The number of hydrogen-bond acceptors (Lipinski definition) is 3. The second kappa shape index (κ2) is 8.67. The highest BCUT2D eigenvalue weighted by molar-refractivity contribution is 7.89. The Morgan fingerprint density at radius 2 is 1.52 bits per heavy atom. The zero-order valence-corrected chi connectivity index (χ0v) is 18.4. The first-order chi connectivity index (χ1) is 13.7. The summed E-state index contributed by atoms with van der Waals surface area (Å²) in [5, 5.41) is 0. The van der Waals surface area contributed by atoms with Gasteiger partial charge in [0.1, 0.15) is 0 Å². The second-order valence-corrected chi connectivity index (χ2v) is 10.3. The number of piperidine rings is 1. The molecule has 2 unspecified atom stereocenters. The number of benzene rings is 2. The lowest BCUT2D eigenvalue weighted by Gasteiger charge is -2.34. The van der Waals surface area contributed by atoms with Crippen molar-refractivity contribution in [1.82, 2.24) is 4.31 Å². The van der Waals surface area contributed by atoms with Crippen molar-refractivity contribution >= 4 is 21.6 Å². The molecule has 1 fully saturated rings. The van der Waals surface area contributed by atoms with E-state index in [9.17, 15) is 13.2 Å². The number of nitrogens with zero attached hydrogens (tertiary/aromatic N) is 2. The van der Waals surface area contributed by atoms with E-state index in [-0.39, 0.29) is 16.8 Å². The molecule has 1 amide bonds. The Morgan fingerprint density at radius 3 is 2.03 bits per heavy atom. The Morgan fingerprint density at radius 1 is 0.966 bits per heavy atom. The molecule has 29 heavy (non-hydrogen) atoms. The van der Waals surface area contributed by atoms with E-state index in [1.165, 1.54) is 0 Å². The van der Waals surface area contributed by atoms with Crippen LogP contribution >= 0.6 is 0 Å². The van der Waals surface area contributed by atoms with Crippen LogP contribution in [-0.4, -0.2) is 37.8 Å². The van der Waals surface area contributed by atoms with Crippen molar-refractivity contribution in [3.05, 3.63) is 60.2 Å². The summed E-state index contributed by atoms with van der Waals surface area (Å²) in [6.45, 7) is 9.18. The fourth-order valence-electron chi connectivity index (χ4n) is 4.10. The lowest BCUT2D eigenvalue weighted by molar-refractivity contribution is 0.0980. The zero-order chi connectivity index (χ0) is 21.2. The van der Waals surface area contributed by atoms with Crippen LogP contribution < -0.4 is 4.90 Å². The van der Waals surface area contributed by atoms with Gasteiger partial charge in [-0.3, -0.25) is 4.79 Å². The van der Waals surface area contributed by atoms with Crippen molar-refractivity contribution in [2.75, 3.05) is 18.0 Å². The number of carbonyl (C=O) groups excluding carboxylic acids is 1. The van der Waals surface area contributed by atoms with Gasteiger partial charge >= 0.3 is 0 Å². The minimum atomic E-state index is -3.55. The molecule has 1 aliphatic heterocycles. The van der Waals surface area contributed by atoms with Crippen LogP contribution in [0.4, 0.5) is 5.69 Å². The number of carbonyl (C=O) groups is 1. The summed E-state index contributed by atoms with van der Waals surface area (Å²) in [6, 6.07) is 15.8. The van der Waals surface area contributed by atoms with E-state index < -0.39 is 10.0 Å². The molecule has 0 aromatic heterocycles. The van der Waals surface area contributed by atoms with Crippen molar-refractivity contribution in [3.8, 4) is 0 Å². The molecule has 5 nitrogen and oxygen atoms in total. The van der Waals surface area contributed by atoms with Crippen LogP contribution in [0.25, 0.3) is 0 Å². The number of hydrogen-bond donors (Lipinski definition) is 0. The molecule has 1 saturated heterocycles. The van der Waals surface area contributed by atoms with Gasteiger partial charge in [-0.05, 0) is 68.5 Å². The predicted octanol–water partition coefficient (Wildman–Crippen LogP) is 4.41. The van der Waals surface area contributed by atoms with Crippen LogP contribution in [0, 0.1) is 11.8 Å². The third kappa shape index (κ3) is 4.70. The first-order valence-corrected chi connectivity index (χ1v) is 11.6. The Hall–Kier alpha value is -2.18. The molecule has 2 atom stereocenters. The standard InChI is InChI=1S/C23H30N2O3S/c1-17(2)25(21-8-6-5-7-9-21)23(26)20-10-12-22(13-11-20)29(27,28)24-15-18(3)14-19(4)16-24/h5-13,17-19H,14-16H2,1-4H3. The lowest BCUT2D eigenvalue weighted by Crippen LogP contribution is -2.42. The van der Waals surface area contributed by atoms with Crippen LogP contribution in [0.3, 0.4) is 0 Å². The summed E-state index contributed by atoms with van der Waals surface area (Å²) in [6.07, 6.45) is 1.05. The van der Waals surface area contributed by atoms with Crippen molar-refractivity contribution < 1.29 is 13.2 Å². The number of anilines is 1. The first-order valence-electron chi connectivity index (χ1n) is 10.2. The highest BCUT2D eigenvalue weighted by Crippen LogP contribution is 2.27. The van der Waals surface area contributed by atoms with Gasteiger partial charge in [-0.15, -0.1) is 0 Å². The van der Waals surface area contributed by atoms with E-state index in [2.05, 4.69) is 13.8 Å². The van der Waals surface area contributed by atoms with Gasteiger partial charge in [0.2, 0.25) is 10.0 Å². The first kappa shape index (κ1) is 21.5. The van der Waals surface area contributed by atoms with Crippen molar-refractivity contribution in [3.63, 3.8) is 0 Å². The Kier molecular flexibility index (Phi) is 6.44. The maximum absolute atomic E-state index is 13.1. The van der Waals surface area contributed by atoms with Gasteiger partial charge in [-0.1, -0.05) is 32.0 Å². The number of rotatable bonds is 5. The quantitative estimate of drug-likeness (QED) is 0.728. The molecule has 0 spiro atoms. The maximum Gasteiger partial charge on any atom is 0.258 e. The molecule has 1 aliphatic rings. The highest BCUT2D eigenvalue weighted by atomic mass is 32.2. The molecule has 0 saturated carbocycles. The Balaban J connectivity index is 1.84. The predicted molar refractivity (Wildman–Crippen MR) is 117 cm³/mol. The topological polar surface area (TPSA) is 57.7 Å². The summed E-state index contributed by atoms with van der Waals surface area (Å²) in [4.78, 5) is 15.1. The van der Waals surface area contributed by atoms with E-state index in [0.29, 0.717) is 30.5 Å². The van der Waals surface area contributed by atoms with Gasteiger partial charge in [-0.2, -0.15) is 4.31 Å². The fourth-order valence-corrected chi connectivity index (χ4v) is 5.78. The van der Waals surface area contributed by atoms with E-state index in [4.69, 9.17) is 0 Å². The average Bonchev–Trinajstić information content (AvgIpc) is 2.68.